The van der Waals surface area contributed by atoms with Gasteiger partial charge in [0, 0.05) is 32.0 Å². The summed E-state index contributed by atoms with van der Waals surface area (Å²) in [4.78, 5) is 34.9. The average Bonchev–Trinajstić information content (AvgIpc) is 2.35. The van der Waals surface area contributed by atoms with Crippen molar-refractivity contribution in [1.29, 1.82) is 0 Å². The van der Waals surface area contributed by atoms with E-state index in [1.54, 1.807) is 12.1 Å². The highest BCUT2D eigenvalue weighted by atomic mass is 16.2. The van der Waals surface area contributed by atoms with Crippen LogP contribution >= 0.6 is 0 Å². The van der Waals surface area contributed by atoms with Crippen molar-refractivity contribution < 1.29 is 14.4 Å². The lowest BCUT2D eigenvalue weighted by atomic mass is 10.1. The van der Waals surface area contributed by atoms with Gasteiger partial charge < -0.3 is 5.32 Å². The lowest BCUT2D eigenvalue weighted by Gasteiger charge is -2.28. The van der Waals surface area contributed by atoms with Gasteiger partial charge in [-0.05, 0) is 24.1 Å². The third-order valence-corrected chi connectivity index (χ3v) is 3.05. The van der Waals surface area contributed by atoms with E-state index in [4.69, 9.17) is 0 Å². The van der Waals surface area contributed by atoms with Crippen LogP contribution in [0.4, 0.5) is 5.69 Å². The first-order valence-electron chi connectivity index (χ1n) is 6.26. The van der Waals surface area contributed by atoms with Crippen molar-refractivity contribution in [2.45, 2.75) is 26.2 Å². The van der Waals surface area contributed by atoms with Crippen LogP contribution < -0.4 is 5.32 Å². The Morgan fingerprint density at radius 1 is 1.26 bits per heavy atom. The van der Waals surface area contributed by atoms with E-state index in [2.05, 4.69) is 5.32 Å². The van der Waals surface area contributed by atoms with Gasteiger partial charge in [0.2, 0.25) is 17.7 Å². The van der Waals surface area contributed by atoms with Crippen LogP contribution in [-0.4, -0.2) is 29.2 Å². The van der Waals surface area contributed by atoms with Crippen molar-refractivity contribution in [3.63, 3.8) is 0 Å². The molecule has 1 N–H and O–H groups in total. The zero-order chi connectivity index (χ0) is 13.8. The number of rotatable bonds is 4. The number of carbonyl (C=O) groups excluding carboxylic acids is 3. The van der Waals surface area contributed by atoms with Gasteiger partial charge in [-0.25, -0.2) is 0 Å². The van der Waals surface area contributed by atoms with E-state index < -0.39 is 0 Å². The molecule has 2 rings (SSSR count). The number of nitrogens with zero attached hydrogens (tertiary/aromatic N) is 1. The molecule has 0 aliphatic carbocycles. The maximum atomic E-state index is 11.7. The molecular formula is C14H16N2O3. The number of aryl methyl sites for hydroxylation is 1. The molecule has 5 heteroatoms. The third-order valence-electron chi connectivity index (χ3n) is 3.05. The number of amides is 3. The fraction of sp³-hybridized carbons (Fsp3) is 0.357. The molecule has 100 valence electrons. The Labute approximate surface area is 111 Å². The molecule has 3 amide bonds. The Morgan fingerprint density at radius 3 is 2.42 bits per heavy atom. The molecule has 19 heavy (non-hydrogen) atoms. The highest BCUT2D eigenvalue weighted by molar-refractivity contribution is 5.99. The van der Waals surface area contributed by atoms with Gasteiger partial charge in [0.1, 0.15) is 0 Å². The number of β-lactam (4-membered cyclic amide) rings is 1. The Bertz CT molecular complexity index is 508. The quantitative estimate of drug-likeness (QED) is 0.831. The normalized spacial score (nSPS) is 13.9. The number of carbonyl (C=O) groups is 3. The molecule has 1 heterocycles. The zero-order valence-electron chi connectivity index (χ0n) is 10.8. The summed E-state index contributed by atoms with van der Waals surface area (Å²) in [5.74, 6) is -0.299. The molecule has 0 radical (unpaired) electrons. The number of imide groups is 1. The van der Waals surface area contributed by atoms with Crippen LogP contribution in [0.3, 0.4) is 0 Å². The van der Waals surface area contributed by atoms with E-state index in [1.807, 2.05) is 12.1 Å². The number of hydrogen-bond donors (Lipinski definition) is 1. The van der Waals surface area contributed by atoms with Crippen LogP contribution in [0.25, 0.3) is 0 Å². The smallest absolute Gasteiger partial charge is 0.230 e. The summed E-state index contributed by atoms with van der Waals surface area (Å²) < 4.78 is 0. The van der Waals surface area contributed by atoms with Gasteiger partial charge in [-0.2, -0.15) is 0 Å². The molecule has 0 atom stereocenters. The van der Waals surface area contributed by atoms with Crippen molar-refractivity contribution in [1.82, 2.24) is 4.90 Å². The zero-order valence-corrected chi connectivity index (χ0v) is 10.8. The standard InChI is InChI=1S/C14H16N2O3/c1-10(17)15-12-5-2-11(3-6-12)4-7-13(18)16-9-8-14(16)19/h2-3,5-6H,4,7-9H2,1H3,(H,15,17). The molecule has 0 saturated carbocycles. The number of benzene rings is 1. The van der Waals surface area contributed by atoms with Crippen molar-refractivity contribution >= 4 is 23.4 Å². The second-order valence-corrected chi connectivity index (χ2v) is 4.57. The van der Waals surface area contributed by atoms with Crippen LogP contribution in [0.2, 0.25) is 0 Å². The van der Waals surface area contributed by atoms with Crippen LogP contribution in [0.15, 0.2) is 24.3 Å². The van der Waals surface area contributed by atoms with Gasteiger partial charge in [-0.15, -0.1) is 0 Å². The first kappa shape index (κ1) is 13.3. The van der Waals surface area contributed by atoms with Gasteiger partial charge in [0.15, 0.2) is 0 Å². The molecule has 1 aliphatic rings. The largest absolute Gasteiger partial charge is 0.326 e. The van der Waals surface area contributed by atoms with Crippen molar-refractivity contribution in [3.05, 3.63) is 29.8 Å². The van der Waals surface area contributed by atoms with Crippen LogP contribution in [0, 0.1) is 0 Å². The third kappa shape index (κ3) is 3.40. The molecule has 0 spiro atoms. The van der Waals surface area contributed by atoms with E-state index in [0.717, 1.165) is 11.3 Å². The van der Waals surface area contributed by atoms with Gasteiger partial charge in [-0.1, -0.05) is 12.1 Å². The summed E-state index contributed by atoms with van der Waals surface area (Å²) in [6.07, 6.45) is 1.42. The molecule has 1 aliphatic heterocycles. The Balaban J connectivity index is 1.84. The van der Waals surface area contributed by atoms with Crippen molar-refractivity contribution in [2.75, 3.05) is 11.9 Å². The molecule has 1 aromatic rings. The van der Waals surface area contributed by atoms with E-state index in [9.17, 15) is 14.4 Å². The lowest BCUT2D eigenvalue weighted by molar-refractivity contribution is -0.152. The first-order chi connectivity index (χ1) is 9.06. The van der Waals surface area contributed by atoms with Crippen LogP contribution in [0.5, 0.6) is 0 Å². The van der Waals surface area contributed by atoms with Gasteiger partial charge in [-0.3, -0.25) is 19.3 Å². The maximum Gasteiger partial charge on any atom is 0.230 e. The molecular weight excluding hydrogens is 244 g/mol. The summed E-state index contributed by atoms with van der Waals surface area (Å²) in [7, 11) is 0. The Hall–Kier alpha value is -2.17. The molecule has 1 saturated heterocycles. The summed E-state index contributed by atoms with van der Waals surface area (Å²) in [5, 5.41) is 2.68. The van der Waals surface area contributed by atoms with Crippen molar-refractivity contribution in [3.8, 4) is 0 Å². The highest BCUT2D eigenvalue weighted by Gasteiger charge is 2.29. The summed E-state index contributed by atoms with van der Waals surface area (Å²) in [6.45, 7) is 2.01. The number of likely N-dealkylation sites (tertiary alicyclic amines) is 1. The Morgan fingerprint density at radius 2 is 1.95 bits per heavy atom. The van der Waals surface area contributed by atoms with E-state index in [-0.39, 0.29) is 17.7 Å². The molecule has 0 aromatic heterocycles. The summed E-state index contributed by atoms with van der Waals surface area (Å²) in [6, 6.07) is 7.35. The minimum absolute atomic E-state index is 0.0778. The highest BCUT2D eigenvalue weighted by Crippen LogP contribution is 2.14. The molecule has 0 bridgehead atoms. The molecule has 1 fully saturated rings. The van der Waals surface area contributed by atoms with E-state index in [1.165, 1.54) is 11.8 Å². The molecule has 0 unspecified atom stereocenters. The fourth-order valence-electron chi connectivity index (χ4n) is 1.92. The summed E-state index contributed by atoms with van der Waals surface area (Å²) in [5.41, 5.74) is 1.75. The lowest BCUT2D eigenvalue weighted by Crippen LogP contribution is -2.47. The monoisotopic (exact) mass is 260 g/mol. The Kier molecular flexibility index (Phi) is 3.94. The first-order valence-corrected chi connectivity index (χ1v) is 6.26. The minimum atomic E-state index is -0.112. The van der Waals surface area contributed by atoms with Crippen LogP contribution in [0.1, 0.15) is 25.3 Å². The van der Waals surface area contributed by atoms with Gasteiger partial charge >= 0.3 is 0 Å². The van der Waals surface area contributed by atoms with Gasteiger partial charge in [0.05, 0.1) is 0 Å². The second kappa shape index (κ2) is 5.65. The number of hydrogen-bond acceptors (Lipinski definition) is 3. The van der Waals surface area contributed by atoms with E-state index >= 15 is 0 Å². The number of anilines is 1. The average molecular weight is 260 g/mol. The SMILES string of the molecule is CC(=O)Nc1ccc(CCC(=O)N2CCC2=O)cc1. The predicted octanol–water partition coefficient (Wildman–Crippen LogP) is 1.34. The maximum absolute atomic E-state index is 11.7. The topological polar surface area (TPSA) is 66.5 Å². The fourth-order valence-corrected chi connectivity index (χ4v) is 1.92. The second-order valence-electron chi connectivity index (χ2n) is 4.57. The van der Waals surface area contributed by atoms with Crippen molar-refractivity contribution in [2.24, 2.45) is 0 Å². The van der Waals surface area contributed by atoms with E-state index in [0.29, 0.717) is 25.8 Å². The minimum Gasteiger partial charge on any atom is -0.326 e. The molecule has 1 aromatic carbocycles. The van der Waals surface area contributed by atoms with Crippen LogP contribution in [-0.2, 0) is 20.8 Å². The summed E-state index contributed by atoms with van der Waals surface area (Å²) >= 11 is 0. The van der Waals surface area contributed by atoms with Gasteiger partial charge in [0.25, 0.3) is 0 Å². The predicted molar refractivity (Wildman–Crippen MR) is 70.4 cm³/mol. The number of nitrogens with one attached hydrogen (secondary N) is 1. The molecule has 5 nitrogen and oxygen atoms in total.